The Labute approximate surface area is 204 Å². The number of rotatable bonds is 6. The maximum absolute atomic E-state index is 14.8. The van der Waals surface area contributed by atoms with E-state index in [1.165, 1.54) is 44.0 Å². The van der Waals surface area contributed by atoms with Crippen molar-refractivity contribution in [3.05, 3.63) is 53.1 Å². The molecule has 12 heteroatoms. The molecule has 0 atom stereocenters. The van der Waals surface area contributed by atoms with Crippen molar-refractivity contribution in [3.8, 4) is 6.07 Å². The van der Waals surface area contributed by atoms with Crippen LogP contribution in [-0.4, -0.2) is 34.5 Å². The van der Waals surface area contributed by atoms with Crippen molar-refractivity contribution in [1.29, 1.82) is 5.26 Å². The van der Waals surface area contributed by atoms with Gasteiger partial charge in [0, 0.05) is 19.2 Å². The fraction of sp³-hybridized carbons (Fsp3) is 0.348. The first-order valence-corrected chi connectivity index (χ1v) is 10.9. The Morgan fingerprint density at radius 2 is 1.94 bits per heavy atom. The summed E-state index contributed by atoms with van der Waals surface area (Å²) in [4.78, 5) is 30.4. The molecular formula is C23H21F4N5O2S. The van der Waals surface area contributed by atoms with Gasteiger partial charge in [0.15, 0.2) is 10.8 Å². The van der Waals surface area contributed by atoms with Crippen molar-refractivity contribution in [2.24, 2.45) is 0 Å². The van der Waals surface area contributed by atoms with E-state index in [0.29, 0.717) is 24.5 Å². The van der Waals surface area contributed by atoms with Crippen molar-refractivity contribution in [3.63, 3.8) is 0 Å². The normalized spacial score (nSPS) is 15.4. The zero-order valence-electron chi connectivity index (χ0n) is 19.0. The third kappa shape index (κ3) is 4.95. The standard InChI is InChI=1S/C23H21F4N5O2S/c1-22(2)20(34)31(15-9-16(23(25,26)27)18(11-28)30-12-15)21(35)32(22)14-8-7-13(17(24)10-14)5-4-6-19(33)29-3/h7-10,12H,4-6H2,1-3H3,(H,29,33). The highest BCUT2D eigenvalue weighted by atomic mass is 32.1. The predicted molar refractivity (Wildman–Crippen MR) is 124 cm³/mol. The summed E-state index contributed by atoms with van der Waals surface area (Å²) in [5, 5.41) is 11.3. The van der Waals surface area contributed by atoms with E-state index in [1.54, 1.807) is 6.07 Å². The number of thiocarbonyl (C=S) groups is 1. The van der Waals surface area contributed by atoms with Crippen LogP contribution in [0.15, 0.2) is 30.5 Å². The molecular weight excluding hydrogens is 486 g/mol. The van der Waals surface area contributed by atoms with E-state index in [4.69, 9.17) is 17.5 Å². The molecule has 35 heavy (non-hydrogen) atoms. The number of amides is 2. The van der Waals surface area contributed by atoms with Gasteiger partial charge in [0.05, 0.1) is 17.4 Å². The number of carbonyl (C=O) groups is 2. The second-order valence-corrected chi connectivity index (χ2v) is 8.68. The molecule has 1 aliphatic heterocycles. The summed E-state index contributed by atoms with van der Waals surface area (Å²) in [5.74, 6) is -1.36. The number of aryl methyl sites for hydroxylation is 1. The van der Waals surface area contributed by atoms with Gasteiger partial charge in [-0.25, -0.2) is 9.37 Å². The molecule has 1 aromatic heterocycles. The number of nitrogens with zero attached hydrogens (tertiary/aromatic N) is 4. The van der Waals surface area contributed by atoms with Crippen molar-refractivity contribution in [1.82, 2.24) is 10.3 Å². The number of hydrogen-bond donors (Lipinski definition) is 1. The van der Waals surface area contributed by atoms with Crippen LogP contribution in [0.2, 0.25) is 0 Å². The molecule has 0 unspecified atom stereocenters. The zero-order valence-corrected chi connectivity index (χ0v) is 19.9. The molecule has 2 aromatic rings. The van der Waals surface area contributed by atoms with Gasteiger partial charge in [-0.05, 0) is 62.7 Å². The molecule has 1 aromatic carbocycles. The second kappa shape index (κ2) is 9.58. The van der Waals surface area contributed by atoms with Gasteiger partial charge in [-0.2, -0.15) is 18.4 Å². The molecule has 3 rings (SSSR count). The van der Waals surface area contributed by atoms with E-state index in [9.17, 15) is 27.2 Å². The highest BCUT2D eigenvalue weighted by Gasteiger charge is 2.51. The third-order valence-electron chi connectivity index (χ3n) is 5.63. The first-order chi connectivity index (χ1) is 16.3. The number of aromatic nitrogens is 1. The molecule has 0 spiro atoms. The first kappa shape index (κ1) is 26.0. The maximum Gasteiger partial charge on any atom is 0.419 e. The number of halogens is 4. The number of nitrogens with one attached hydrogen (secondary N) is 1. The highest BCUT2D eigenvalue weighted by molar-refractivity contribution is 7.81. The van der Waals surface area contributed by atoms with Gasteiger partial charge in [-0.3, -0.25) is 14.5 Å². The van der Waals surface area contributed by atoms with E-state index >= 15 is 0 Å². The largest absolute Gasteiger partial charge is 0.419 e. The lowest BCUT2D eigenvalue weighted by Crippen LogP contribution is -2.44. The van der Waals surface area contributed by atoms with Gasteiger partial charge in [-0.15, -0.1) is 0 Å². The fourth-order valence-electron chi connectivity index (χ4n) is 3.78. The summed E-state index contributed by atoms with van der Waals surface area (Å²) in [6.07, 6.45) is -2.92. The Bertz CT molecular complexity index is 1240. The van der Waals surface area contributed by atoms with Crippen LogP contribution in [0.4, 0.5) is 28.9 Å². The van der Waals surface area contributed by atoms with Crippen molar-refractivity contribution >= 4 is 40.5 Å². The molecule has 7 nitrogen and oxygen atoms in total. The van der Waals surface area contributed by atoms with Crippen LogP contribution in [0.1, 0.15) is 43.5 Å². The van der Waals surface area contributed by atoms with Crippen molar-refractivity contribution in [2.75, 3.05) is 16.8 Å². The minimum Gasteiger partial charge on any atom is -0.359 e. The fourth-order valence-corrected chi connectivity index (χ4v) is 4.30. The van der Waals surface area contributed by atoms with Crippen LogP contribution in [0.25, 0.3) is 0 Å². The Morgan fingerprint density at radius 3 is 2.51 bits per heavy atom. The lowest BCUT2D eigenvalue weighted by molar-refractivity contribution is -0.138. The number of alkyl halides is 3. The second-order valence-electron chi connectivity index (χ2n) is 8.32. The maximum atomic E-state index is 14.8. The van der Waals surface area contributed by atoms with Crippen molar-refractivity contribution in [2.45, 2.75) is 44.8 Å². The van der Waals surface area contributed by atoms with Crippen LogP contribution in [0.5, 0.6) is 0 Å². The van der Waals surface area contributed by atoms with E-state index in [1.807, 2.05) is 0 Å². The molecule has 0 radical (unpaired) electrons. The number of anilines is 2. The molecule has 0 saturated carbocycles. The zero-order chi connectivity index (χ0) is 26.1. The minimum absolute atomic E-state index is 0.157. The van der Waals surface area contributed by atoms with Gasteiger partial charge in [0.1, 0.15) is 17.4 Å². The van der Waals surface area contributed by atoms with Crippen LogP contribution in [0, 0.1) is 17.1 Å². The Morgan fingerprint density at radius 1 is 1.26 bits per heavy atom. The van der Waals surface area contributed by atoms with E-state index in [0.717, 1.165) is 11.1 Å². The molecule has 1 N–H and O–H groups in total. The van der Waals surface area contributed by atoms with Crippen molar-refractivity contribution < 1.29 is 27.2 Å². The van der Waals surface area contributed by atoms with Gasteiger partial charge in [0.25, 0.3) is 5.91 Å². The van der Waals surface area contributed by atoms with Gasteiger partial charge < -0.3 is 10.2 Å². The Hall–Kier alpha value is -3.59. The van der Waals surface area contributed by atoms with Gasteiger partial charge in [-0.1, -0.05) is 6.07 Å². The SMILES string of the molecule is CNC(=O)CCCc1ccc(N2C(=S)N(c3cnc(C#N)c(C(F)(F)F)c3)C(=O)C2(C)C)cc1F. The van der Waals surface area contributed by atoms with Crippen LogP contribution < -0.4 is 15.1 Å². The lowest BCUT2D eigenvalue weighted by atomic mass is 10.0. The molecule has 184 valence electrons. The molecule has 1 saturated heterocycles. The Balaban J connectivity index is 1.95. The van der Waals surface area contributed by atoms with E-state index in [2.05, 4.69) is 10.3 Å². The average molecular weight is 508 g/mol. The number of pyridine rings is 1. The molecule has 2 amide bonds. The van der Waals surface area contributed by atoms with Crippen LogP contribution in [-0.2, 0) is 22.2 Å². The smallest absolute Gasteiger partial charge is 0.359 e. The molecule has 1 aliphatic rings. The highest BCUT2D eigenvalue weighted by Crippen LogP contribution is 2.39. The quantitative estimate of drug-likeness (QED) is 0.468. The molecule has 0 aliphatic carbocycles. The number of carbonyl (C=O) groups excluding carboxylic acids is 2. The summed E-state index contributed by atoms with van der Waals surface area (Å²) in [7, 11) is 1.51. The van der Waals surface area contributed by atoms with E-state index in [-0.39, 0.29) is 28.8 Å². The predicted octanol–water partition coefficient (Wildman–Crippen LogP) is 4.10. The lowest BCUT2D eigenvalue weighted by Gasteiger charge is -2.29. The van der Waals surface area contributed by atoms with Gasteiger partial charge >= 0.3 is 6.18 Å². The minimum atomic E-state index is -4.87. The monoisotopic (exact) mass is 507 g/mol. The first-order valence-electron chi connectivity index (χ1n) is 10.5. The summed E-state index contributed by atoms with van der Waals surface area (Å²) in [6, 6.07) is 6.30. The Kier molecular flexibility index (Phi) is 7.12. The number of benzene rings is 1. The topological polar surface area (TPSA) is 89.3 Å². The summed E-state index contributed by atoms with van der Waals surface area (Å²) < 4.78 is 55.1. The summed E-state index contributed by atoms with van der Waals surface area (Å²) >= 11 is 5.43. The van der Waals surface area contributed by atoms with Crippen LogP contribution in [0.3, 0.4) is 0 Å². The molecule has 0 bridgehead atoms. The van der Waals surface area contributed by atoms with Crippen LogP contribution >= 0.6 is 12.2 Å². The third-order valence-corrected chi connectivity index (χ3v) is 6.00. The number of nitriles is 1. The molecule has 2 heterocycles. The average Bonchev–Trinajstić information content (AvgIpc) is 2.97. The summed E-state index contributed by atoms with van der Waals surface area (Å²) in [6.45, 7) is 3.02. The van der Waals surface area contributed by atoms with E-state index < -0.39 is 34.7 Å². The molecule has 1 fully saturated rings. The summed E-state index contributed by atoms with van der Waals surface area (Å²) in [5.41, 5.74) is -3.12. The number of hydrogen-bond acceptors (Lipinski definition) is 5. The van der Waals surface area contributed by atoms with Gasteiger partial charge in [0.2, 0.25) is 5.91 Å².